The quantitative estimate of drug-likeness (QED) is 0.893. The predicted octanol–water partition coefficient (Wildman–Crippen LogP) is 2.50. The lowest BCUT2D eigenvalue weighted by atomic mass is 10.0. The molecule has 0 fully saturated rings. The van der Waals surface area contributed by atoms with E-state index in [1.807, 2.05) is 0 Å². The summed E-state index contributed by atoms with van der Waals surface area (Å²) in [4.78, 5) is 4.05. The fourth-order valence-electron chi connectivity index (χ4n) is 1.60. The maximum Gasteiger partial charge on any atom is 0.191 e. The highest BCUT2D eigenvalue weighted by atomic mass is 19.2. The van der Waals surface area contributed by atoms with Gasteiger partial charge in [0.25, 0.3) is 0 Å². The van der Waals surface area contributed by atoms with Crippen molar-refractivity contribution in [1.82, 2.24) is 4.98 Å². The van der Waals surface area contributed by atoms with Crippen LogP contribution in [0.5, 0.6) is 0 Å². The van der Waals surface area contributed by atoms with Gasteiger partial charge in [0.15, 0.2) is 17.5 Å². The van der Waals surface area contributed by atoms with Gasteiger partial charge in [0, 0.05) is 6.92 Å². The summed E-state index contributed by atoms with van der Waals surface area (Å²) in [5.74, 6) is -1.23. The van der Waals surface area contributed by atoms with Crippen molar-refractivity contribution < 1.29 is 13.2 Å². The molecular weight excluding hydrogens is 226 g/mol. The molecule has 2 aromatic rings. The molecule has 1 heterocycles. The van der Waals surface area contributed by atoms with Crippen molar-refractivity contribution in [3.05, 3.63) is 53.2 Å². The van der Waals surface area contributed by atoms with Crippen molar-refractivity contribution >= 4 is 0 Å². The Bertz CT molecular complexity index is 525. The summed E-state index contributed by atoms with van der Waals surface area (Å²) < 4.78 is 31.4. The molecule has 2 N–H and O–H groups in total. The number of benzene rings is 1. The molecule has 2 rings (SSSR count). The van der Waals surface area contributed by atoms with E-state index in [9.17, 15) is 8.78 Å². The summed E-state index contributed by atoms with van der Waals surface area (Å²) >= 11 is 0. The molecule has 0 amide bonds. The SMILES string of the molecule is Cc1nc(C(N)Cc2cccc(F)c2F)co1. The molecule has 5 heteroatoms. The monoisotopic (exact) mass is 238 g/mol. The lowest BCUT2D eigenvalue weighted by Gasteiger charge is -2.09. The van der Waals surface area contributed by atoms with Crippen LogP contribution in [-0.2, 0) is 6.42 Å². The maximum absolute atomic E-state index is 13.4. The molecule has 17 heavy (non-hydrogen) atoms. The normalized spacial score (nSPS) is 12.7. The minimum absolute atomic E-state index is 0.176. The largest absolute Gasteiger partial charge is 0.449 e. The molecule has 0 aliphatic rings. The van der Waals surface area contributed by atoms with Crippen LogP contribution in [-0.4, -0.2) is 4.98 Å². The van der Waals surface area contributed by atoms with Gasteiger partial charge in [0.05, 0.1) is 11.7 Å². The topological polar surface area (TPSA) is 52.0 Å². The van der Waals surface area contributed by atoms with E-state index in [0.717, 1.165) is 6.07 Å². The van der Waals surface area contributed by atoms with Crippen LogP contribution >= 0.6 is 0 Å². The lowest BCUT2D eigenvalue weighted by Crippen LogP contribution is -2.15. The van der Waals surface area contributed by atoms with Gasteiger partial charge in [-0.1, -0.05) is 12.1 Å². The smallest absolute Gasteiger partial charge is 0.191 e. The van der Waals surface area contributed by atoms with Gasteiger partial charge in [-0.2, -0.15) is 0 Å². The average molecular weight is 238 g/mol. The summed E-state index contributed by atoms with van der Waals surface area (Å²) in [7, 11) is 0. The number of halogens is 2. The molecule has 0 aliphatic heterocycles. The molecule has 3 nitrogen and oxygen atoms in total. The number of rotatable bonds is 3. The van der Waals surface area contributed by atoms with Crippen LogP contribution in [0.3, 0.4) is 0 Å². The van der Waals surface area contributed by atoms with E-state index < -0.39 is 17.7 Å². The van der Waals surface area contributed by atoms with Crippen LogP contribution in [0.15, 0.2) is 28.9 Å². The molecule has 1 atom stereocenters. The standard InChI is InChI=1S/C12H12F2N2O/c1-7-16-11(6-17-7)10(15)5-8-3-2-4-9(13)12(8)14/h2-4,6,10H,5,15H2,1H3. The van der Waals surface area contributed by atoms with E-state index in [0.29, 0.717) is 11.6 Å². The fourth-order valence-corrected chi connectivity index (χ4v) is 1.60. The maximum atomic E-state index is 13.4. The van der Waals surface area contributed by atoms with Gasteiger partial charge in [0.1, 0.15) is 6.26 Å². The second-order valence-corrected chi connectivity index (χ2v) is 3.81. The van der Waals surface area contributed by atoms with Gasteiger partial charge < -0.3 is 10.2 Å². The number of hydrogen-bond donors (Lipinski definition) is 1. The van der Waals surface area contributed by atoms with Crippen LogP contribution in [0.4, 0.5) is 8.78 Å². The molecule has 0 aliphatic carbocycles. The molecule has 0 radical (unpaired) electrons. The Morgan fingerprint density at radius 3 is 2.82 bits per heavy atom. The Balaban J connectivity index is 2.18. The number of nitrogens with two attached hydrogens (primary N) is 1. The first-order valence-electron chi connectivity index (χ1n) is 5.18. The molecule has 0 spiro atoms. The van der Waals surface area contributed by atoms with E-state index >= 15 is 0 Å². The summed E-state index contributed by atoms with van der Waals surface area (Å²) in [6.07, 6.45) is 1.60. The zero-order chi connectivity index (χ0) is 12.4. The Labute approximate surface area is 97.3 Å². The van der Waals surface area contributed by atoms with E-state index in [1.165, 1.54) is 18.4 Å². The van der Waals surface area contributed by atoms with Gasteiger partial charge in [-0.3, -0.25) is 0 Å². The van der Waals surface area contributed by atoms with E-state index in [2.05, 4.69) is 4.98 Å². The summed E-state index contributed by atoms with van der Waals surface area (Å²) in [6, 6.07) is 3.52. The van der Waals surface area contributed by atoms with Crippen molar-refractivity contribution in [2.75, 3.05) is 0 Å². The van der Waals surface area contributed by atoms with Crippen molar-refractivity contribution in [3.63, 3.8) is 0 Å². The second-order valence-electron chi connectivity index (χ2n) is 3.81. The first-order chi connectivity index (χ1) is 8.08. The number of oxazole rings is 1. The van der Waals surface area contributed by atoms with Gasteiger partial charge in [-0.15, -0.1) is 0 Å². The Morgan fingerprint density at radius 2 is 2.18 bits per heavy atom. The van der Waals surface area contributed by atoms with E-state index in [4.69, 9.17) is 10.2 Å². The molecule has 0 bridgehead atoms. The summed E-state index contributed by atoms with van der Waals surface area (Å²) in [5.41, 5.74) is 6.62. The van der Waals surface area contributed by atoms with Gasteiger partial charge in [0.2, 0.25) is 0 Å². The Morgan fingerprint density at radius 1 is 1.41 bits per heavy atom. The molecule has 0 saturated carbocycles. The highest BCUT2D eigenvalue weighted by Crippen LogP contribution is 2.19. The van der Waals surface area contributed by atoms with Crippen LogP contribution in [0.2, 0.25) is 0 Å². The zero-order valence-electron chi connectivity index (χ0n) is 9.28. The molecule has 1 aromatic heterocycles. The highest BCUT2D eigenvalue weighted by Gasteiger charge is 2.15. The minimum Gasteiger partial charge on any atom is -0.449 e. The average Bonchev–Trinajstić information content (AvgIpc) is 2.72. The lowest BCUT2D eigenvalue weighted by molar-refractivity contribution is 0.493. The van der Waals surface area contributed by atoms with E-state index in [1.54, 1.807) is 6.92 Å². The molecule has 0 saturated heterocycles. The van der Waals surface area contributed by atoms with Crippen molar-refractivity contribution in [3.8, 4) is 0 Å². The molecule has 1 aromatic carbocycles. The van der Waals surface area contributed by atoms with Crippen molar-refractivity contribution in [1.29, 1.82) is 0 Å². The number of nitrogens with zero attached hydrogens (tertiary/aromatic N) is 1. The zero-order valence-corrected chi connectivity index (χ0v) is 9.28. The van der Waals surface area contributed by atoms with Crippen LogP contribution in [0.1, 0.15) is 23.2 Å². The number of hydrogen-bond acceptors (Lipinski definition) is 3. The second kappa shape index (κ2) is 4.63. The Kier molecular flexibility index (Phi) is 3.19. The molecular formula is C12H12F2N2O. The highest BCUT2D eigenvalue weighted by molar-refractivity contribution is 5.21. The number of aryl methyl sites for hydroxylation is 1. The van der Waals surface area contributed by atoms with Crippen molar-refractivity contribution in [2.24, 2.45) is 5.73 Å². The Hall–Kier alpha value is -1.75. The summed E-state index contributed by atoms with van der Waals surface area (Å²) in [6.45, 7) is 1.69. The van der Waals surface area contributed by atoms with Crippen LogP contribution in [0, 0.1) is 18.6 Å². The number of aromatic nitrogens is 1. The van der Waals surface area contributed by atoms with Gasteiger partial charge in [-0.05, 0) is 18.1 Å². The third-order valence-electron chi connectivity index (χ3n) is 2.49. The van der Waals surface area contributed by atoms with Gasteiger partial charge >= 0.3 is 0 Å². The van der Waals surface area contributed by atoms with Crippen LogP contribution < -0.4 is 5.73 Å². The van der Waals surface area contributed by atoms with E-state index in [-0.39, 0.29) is 12.0 Å². The fraction of sp³-hybridized carbons (Fsp3) is 0.250. The molecule has 1 unspecified atom stereocenters. The third-order valence-corrected chi connectivity index (χ3v) is 2.49. The molecule has 90 valence electrons. The minimum atomic E-state index is -0.869. The summed E-state index contributed by atoms with van der Waals surface area (Å²) in [5, 5.41) is 0. The first kappa shape index (κ1) is 11.7. The first-order valence-corrected chi connectivity index (χ1v) is 5.18. The predicted molar refractivity (Wildman–Crippen MR) is 58.2 cm³/mol. The van der Waals surface area contributed by atoms with Crippen molar-refractivity contribution in [2.45, 2.75) is 19.4 Å². The third kappa shape index (κ3) is 2.50. The van der Waals surface area contributed by atoms with Gasteiger partial charge in [-0.25, -0.2) is 13.8 Å². The van der Waals surface area contributed by atoms with Crippen LogP contribution in [0.25, 0.3) is 0 Å².